The van der Waals surface area contributed by atoms with Gasteiger partial charge in [0, 0.05) is 6.04 Å². The van der Waals surface area contributed by atoms with Crippen molar-refractivity contribution < 1.29 is 0 Å². The van der Waals surface area contributed by atoms with Gasteiger partial charge in [-0.15, -0.1) is 0 Å². The maximum absolute atomic E-state index is 4.01. The van der Waals surface area contributed by atoms with Gasteiger partial charge >= 0.3 is 0 Å². The number of nitrogens with zero attached hydrogens (tertiary/aromatic N) is 1. The van der Waals surface area contributed by atoms with Crippen LogP contribution in [0.3, 0.4) is 0 Å². The molecule has 5 aliphatic rings. The van der Waals surface area contributed by atoms with Crippen LogP contribution in [0.25, 0.3) is 0 Å². The second-order valence-corrected chi connectivity index (χ2v) is 9.16. The number of hydrogen-bond donors (Lipinski definition) is 1. The van der Waals surface area contributed by atoms with E-state index in [4.69, 9.17) is 0 Å². The van der Waals surface area contributed by atoms with Crippen LogP contribution in [0.15, 0.2) is 0 Å². The Morgan fingerprint density at radius 1 is 1.00 bits per heavy atom. The van der Waals surface area contributed by atoms with Crippen LogP contribution < -0.4 is 5.32 Å². The summed E-state index contributed by atoms with van der Waals surface area (Å²) in [5.41, 5.74) is 0.681. The fourth-order valence-electron chi connectivity index (χ4n) is 6.53. The summed E-state index contributed by atoms with van der Waals surface area (Å²) in [5.74, 6) is 4.19. The first-order valence-corrected chi connectivity index (χ1v) is 9.55. The number of rotatable bonds is 4. The van der Waals surface area contributed by atoms with Crippen LogP contribution in [0, 0.1) is 29.1 Å². The molecule has 1 heterocycles. The zero-order valence-electron chi connectivity index (χ0n) is 14.1. The number of nitrogens with one attached hydrogen (secondary N) is 1. The monoisotopic (exact) mass is 290 g/mol. The van der Waals surface area contributed by atoms with Gasteiger partial charge in [0.25, 0.3) is 0 Å². The molecule has 4 saturated carbocycles. The van der Waals surface area contributed by atoms with Crippen molar-refractivity contribution in [2.45, 2.75) is 64.3 Å². The van der Waals surface area contributed by atoms with Crippen LogP contribution in [0.2, 0.25) is 0 Å². The highest BCUT2D eigenvalue weighted by molar-refractivity contribution is 5.05. The van der Waals surface area contributed by atoms with Crippen LogP contribution in [0.1, 0.15) is 58.3 Å². The average molecular weight is 290 g/mol. The predicted octanol–water partition coefficient (Wildman–Crippen LogP) is 3.52. The summed E-state index contributed by atoms with van der Waals surface area (Å²) in [4.78, 5) is 2.49. The van der Waals surface area contributed by atoms with Gasteiger partial charge in [-0.1, -0.05) is 0 Å². The molecule has 0 aromatic carbocycles. The molecule has 1 atom stereocenters. The lowest BCUT2D eigenvalue weighted by atomic mass is 9.48. The highest BCUT2D eigenvalue weighted by Crippen LogP contribution is 2.61. The summed E-state index contributed by atoms with van der Waals surface area (Å²) >= 11 is 0. The first-order chi connectivity index (χ1) is 10.1. The minimum atomic E-state index is 0.681. The summed E-state index contributed by atoms with van der Waals surface area (Å²) in [5, 5.41) is 4.01. The summed E-state index contributed by atoms with van der Waals surface area (Å²) in [7, 11) is 2.27. The van der Waals surface area contributed by atoms with E-state index < -0.39 is 0 Å². The Labute approximate surface area is 131 Å². The zero-order chi connectivity index (χ0) is 14.4. The van der Waals surface area contributed by atoms with Gasteiger partial charge in [0.15, 0.2) is 0 Å². The maximum atomic E-state index is 4.01. The molecule has 0 amide bonds. The molecule has 5 fully saturated rings. The Bertz CT molecular complexity index is 334. The molecule has 21 heavy (non-hydrogen) atoms. The van der Waals surface area contributed by atoms with Gasteiger partial charge in [0.1, 0.15) is 0 Å². The molecule has 0 aromatic heterocycles. The third kappa shape index (κ3) is 2.79. The molecular formula is C19H34N2. The van der Waals surface area contributed by atoms with Gasteiger partial charge in [-0.3, -0.25) is 0 Å². The molecule has 120 valence electrons. The summed E-state index contributed by atoms with van der Waals surface area (Å²) < 4.78 is 0. The van der Waals surface area contributed by atoms with Crippen LogP contribution in [0.4, 0.5) is 0 Å². The lowest BCUT2D eigenvalue weighted by Crippen LogP contribution is -2.55. The third-order valence-corrected chi connectivity index (χ3v) is 7.56. The van der Waals surface area contributed by atoms with Crippen molar-refractivity contribution >= 4 is 0 Å². The van der Waals surface area contributed by atoms with Crippen LogP contribution >= 0.6 is 0 Å². The lowest BCUT2D eigenvalue weighted by molar-refractivity contribution is -0.0710. The molecule has 2 heteroatoms. The number of piperidine rings is 1. The zero-order valence-corrected chi connectivity index (χ0v) is 14.1. The van der Waals surface area contributed by atoms with E-state index in [9.17, 15) is 0 Å². The topological polar surface area (TPSA) is 15.3 Å². The van der Waals surface area contributed by atoms with Crippen molar-refractivity contribution in [3.05, 3.63) is 0 Å². The normalized spacial score (nSPS) is 45.1. The molecular weight excluding hydrogens is 256 g/mol. The van der Waals surface area contributed by atoms with Crippen molar-refractivity contribution in [2.24, 2.45) is 29.1 Å². The van der Waals surface area contributed by atoms with Crippen molar-refractivity contribution in [3.8, 4) is 0 Å². The predicted molar refractivity (Wildman–Crippen MR) is 88.3 cm³/mol. The standard InChI is InChI=1S/C19H34N2/c1-14(20-13-15-3-5-21(2)6-4-15)19-10-16-7-17(11-19)9-18(8-16)12-19/h14-18,20H,3-13H2,1-2H3. The first-order valence-electron chi connectivity index (χ1n) is 9.55. The second kappa shape index (κ2) is 5.53. The summed E-state index contributed by atoms with van der Waals surface area (Å²) in [6.45, 7) is 6.40. The van der Waals surface area contributed by atoms with Gasteiger partial charge in [0.05, 0.1) is 0 Å². The first kappa shape index (κ1) is 14.5. The number of likely N-dealkylation sites (tertiary alicyclic amines) is 1. The molecule has 1 N–H and O–H groups in total. The van der Waals surface area contributed by atoms with E-state index in [0.29, 0.717) is 5.41 Å². The van der Waals surface area contributed by atoms with Crippen molar-refractivity contribution in [1.82, 2.24) is 10.2 Å². The van der Waals surface area contributed by atoms with Crippen molar-refractivity contribution in [2.75, 3.05) is 26.7 Å². The smallest absolute Gasteiger partial charge is 0.00956 e. The molecule has 0 radical (unpaired) electrons. The van der Waals surface area contributed by atoms with E-state index in [0.717, 1.165) is 29.7 Å². The Hall–Kier alpha value is -0.0800. The number of hydrogen-bond acceptors (Lipinski definition) is 2. The molecule has 2 nitrogen and oxygen atoms in total. The highest BCUT2D eigenvalue weighted by Gasteiger charge is 2.52. The van der Waals surface area contributed by atoms with Gasteiger partial charge in [-0.2, -0.15) is 0 Å². The molecule has 4 bridgehead atoms. The van der Waals surface area contributed by atoms with E-state index in [1.807, 2.05) is 0 Å². The van der Waals surface area contributed by atoms with Crippen molar-refractivity contribution in [1.29, 1.82) is 0 Å². The van der Waals surface area contributed by atoms with Gasteiger partial charge < -0.3 is 10.2 Å². The molecule has 0 aromatic rings. The molecule has 4 aliphatic carbocycles. The van der Waals surface area contributed by atoms with E-state index in [-0.39, 0.29) is 0 Å². The van der Waals surface area contributed by atoms with E-state index >= 15 is 0 Å². The minimum Gasteiger partial charge on any atom is -0.313 e. The third-order valence-electron chi connectivity index (χ3n) is 7.56. The fraction of sp³-hybridized carbons (Fsp3) is 1.00. The van der Waals surface area contributed by atoms with Crippen LogP contribution in [0.5, 0.6) is 0 Å². The van der Waals surface area contributed by atoms with Gasteiger partial charge in [-0.05, 0) is 114 Å². The second-order valence-electron chi connectivity index (χ2n) is 9.16. The Morgan fingerprint density at radius 3 is 2.05 bits per heavy atom. The molecule has 5 rings (SSSR count). The highest BCUT2D eigenvalue weighted by atomic mass is 15.1. The Morgan fingerprint density at radius 2 is 1.52 bits per heavy atom. The van der Waals surface area contributed by atoms with E-state index in [1.54, 1.807) is 38.5 Å². The lowest BCUT2D eigenvalue weighted by Gasteiger charge is -2.59. The molecule has 1 aliphatic heterocycles. The van der Waals surface area contributed by atoms with Crippen molar-refractivity contribution in [3.63, 3.8) is 0 Å². The maximum Gasteiger partial charge on any atom is 0.00956 e. The summed E-state index contributed by atoms with van der Waals surface area (Å²) in [6.07, 6.45) is 12.1. The van der Waals surface area contributed by atoms with Gasteiger partial charge in [-0.25, -0.2) is 0 Å². The van der Waals surface area contributed by atoms with Gasteiger partial charge in [0.2, 0.25) is 0 Å². The molecule has 1 unspecified atom stereocenters. The largest absolute Gasteiger partial charge is 0.313 e. The van der Waals surface area contributed by atoms with E-state index in [1.165, 1.54) is 32.5 Å². The Balaban J connectivity index is 1.33. The van der Waals surface area contributed by atoms with Crippen LogP contribution in [-0.2, 0) is 0 Å². The minimum absolute atomic E-state index is 0.681. The Kier molecular flexibility index (Phi) is 3.82. The molecule has 0 spiro atoms. The quantitative estimate of drug-likeness (QED) is 0.852. The van der Waals surface area contributed by atoms with E-state index in [2.05, 4.69) is 24.2 Å². The average Bonchev–Trinajstić information content (AvgIpc) is 2.45. The summed E-state index contributed by atoms with van der Waals surface area (Å²) in [6, 6.07) is 0.755. The molecule has 1 saturated heterocycles. The fourth-order valence-corrected chi connectivity index (χ4v) is 6.53. The van der Waals surface area contributed by atoms with Crippen LogP contribution in [-0.4, -0.2) is 37.6 Å². The SMILES string of the molecule is CC(NCC1CCN(C)CC1)C12CC3CC(CC(C3)C1)C2.